The van der Waals surface area contributed by atoms with Gasteiger partial charge in [0.1, 0.15) is 28.7 Å². The highest BCUT2D eigenvalue weighted by atomic mass is 32.1. The number of benzene rings is 3. The van der Waals surface area contributed by atoms with E-state index in [1.807, 2.05) is 119 Å². The lowest BCUT2D eigenvalue weighted by atomic mass is 9.85. The average Bonchev–Trinajstić information content (AvgIpc) is 4.09. The molecular weight excluding hydrogens is 915 g/mol. The van der Waals surface area contributed by atoms with E-state index >= 15 is 0 Å². The Bertz CT molecular complexity index is 2920. The van der Waals surface area contributed by atoms with Gasteiger partial charge in [0.2, 0.25) is 11.8 Å². The molecule has 5 heterocycles. The second-order valence-electron chi connectivity index (χ2n) is 18.6. The quantitative estimate of drug-likeness (QED) is 0.0879. The van der Waals surface area contributed by atoms with Crippen LogP contribution in [0.3, 0.4) is 0 Å². The van der Waals surface area contributed by atoms with Crippen molar-refractivity contribution in [3.05, 3.63) is 123 Å². The van der Waals surface area contributed by atoms with E-state index in [0.29, 0.717) is 23.1 Å². The van der Waals surface area contributed by atoms with Gasteiger partial charge in [-0.1, -0.05) is 81.4 Å². The minimum atomic E-state index is -1.11. The molecule has 4 amide bonds. The number of fused-ring (bicyclic) bond motifs is 3. The first-order valence-electron chi connectivity index (χ1n) is 22.9. The van der Waals surface area contributed by atoms with Crippen LogP contribution >= 0.6 is 22.7 Å². The fraction of sp³-hybridized carbons (Fsp3) is 0.373. The van der Waals surface area contributed by atoms with Gasteiger partial charge in [0.25, 0.3) is 5.91 Å². The smallest absolute Gasteiger partial charge is 0.409 e. The van der Waals surface area contributed by atoms with Gasteiger partial charge in [-0.15, -0.1) is 32.9 Å². The highest BCUT2D eigenvalue weighted by molar-refractivity contribution is 7.15. The molecule has 4 N–H and O–H groups in total. The summed E-state index contributed by atoms with van der Waals surface area (Å²) in [6.07, 6.45) is -2.84. The summed E-state index contributed by atoms with van der Waals surface area (Å²) < 4.78 is 7.82. The average molecular weight is 972 g/mol. The molecule has 360 valence electrons. The lowest BCUT2D eigenvalue weighted by Gasteiger charge is -2.35. The number of amides is 4. The molecule has 0 radical (unpaired) electrons. The van der Waals surface area contributed by atoms with Gasteiger partial charge in [-0.25, -0.2) is 9.78 Å². The number of hydrogen-bond donors (Lipinski definition) is 4. The first kappa shape index (κ1) is 48.7. The Morgan fingerprint density at radius 3 is 2.14 bits per heavy atom. The number of carbonyl (C=O) groups is 4. The van der Waals surface area contributed by atoms with Crippen LogP contribution in [0.15, 0.2) is 83.3 Å². The predicted molar refractivity (Wildman–Crippen MR) is 266 cm³/mol. The van der Waals surface area contributed by atoms with Crippen molar-refractivity contribution in [1.82, 2.24) is 40.2 Å². The molecule has 8 rings (SSSR count). The summed E-state index contributed by atoms with van der Waals surface area (Å²) in [5, 5.41) is 36.4. The number of aryl methyl sites for hydroxylation is 3. The summed E-state index contributed by atoms with van der Waals surface area (Å²) >= 11 is 3.17. The van der Waals surface area contributed by atoms with Crippen LogP contribution in [0.25, 0.3) is 26.6 Å². The minimum absolute atomic E-state index is 0.0405. The van der Waals surface area contributed by atoms with E-state index in [-0.39, 0.29) is 38.1 Å². The van der Waals surface area contributed by atoms with Crippen molar-refractivity contribution in [1.29, 1.82) is 0 Å². The second-order valence-corrected chi connectivity index (χ2v) is 20.7. The first-order valence-corrected chi connectivity index (χ1v) is 24.6. The number of likely N-dealkylation sites (tertiary alicyclic amines) is 1. The third kappa shape index (κ3) is 9.91. The van der Waals surface area contributed by atoms with Crippen LogP contribution in [0.1, 0.15) is 97.7 Å². The van der Waals surface area contributed by atoms with Gasteiger partial charge >= 0.3 is 6.09 Å². The summed E-state index contributed by atoms with van der Waals surface area (Å²) in [5.41, 5.74) is 9.21. The van der Waals surface area contributed by atoms with Crippen LogP contribution < -0.4 is 15.4 Å². The van der Waals surface area contributed by atoms with E-state index < -0.39 is 47.7 Å². The van der Waals surface area contributed by atoms with Crippen molar-refractivity contribution in [2.45, 2.75) is 99.1 Å². The number of thiazole rings is 1. The Hall–Kier alpha value is -6.76. The van der Waals surface area contributed by atoms with Gasteiger partial charge in [0.15, 0.2) is 18.6 Å². The molecule has 3 aromatic heterocycles. The van der Waals surface area contributed by atoms with Crippen molar-refractivity contribution >= 4 is 52.2 Å². The monoisotopic (exact) mass is 971 g/mol. The number of thiophene rings is 1. The second kappa shape index (κ2) is 19.7. The molecule has 0 spiro atoms. The van der Waals surface area contributed by atoms with Crippen molar-refractivity contribution in [2.75, 3.05) is 19.7 Å². The van der Waals surface area contributed by atoms with Crippen molar-refractivity contribution < 1.29 is 34.1 Å². The summed E-state index contributed by atoms with van der Waals surface area (Å²) in [6.45, 7) is 16.9. The highest BCUT2D eigenvalue weighted by Gasteiger charge is 2.45. The van der Waals surface area contributed by atoms with Crippen LogP contribution in [0.4, 0.5) is 4.79 Å². The van der Waals surface area contributed by atoms with E-state index in [1.54, 1.807) is 41.7 Å². The van der Waals surface area contributed by atoms with Gasteiger partial charge < -0.3 is 30.5 Å². The molecule has 2 aliphatic heterocycles. The highest BCUT2D eigenvalue weighted by Crippen LogP contribution is 2.40. The Balaban J connectivity index is 0.914. The number of ether oxygens (including phenoxy) is 1. The lowest BCUT2D eigenvalue weighted by molar-refractivity contribution is -0.144. The molecular formula is C51H57N9O7S2. The van der Waals surface area contributed by atoms with Gasteiger partial charge in [0, 0.05) is 35.5 Å². The number of nitrogens with one attached hydrogen (secondary N) is 2. The number of β-amino-alcohol motifs (C(OH)–C–C–N with tert-alkyl or cyclic N) is 1. The number of nitrogens with zero attached hydrogens (tertiary/aromatic N) is 7. The normalized spacial score (nSPS) is 17.5. The van der Waals surface area contributed by atoms with Crippen LogP contribution in [0.5, 0.6) is 5.75 Å². The van der Waals surface area contributed by atoms with Crippen LogP contribution in [0, 0.1) is 33.1 Å². The Labute approximate surface area is 409 Å². The molecule has 16 nitrogen and oxygen atoms in total. The number of aliphatic imine (C=N–C) groups is 1. The summed E-state index contributed by atoms with van der Waals surface area (Å²) in [5.74, 6) is 0.168. The molecule has 1 unspecified atom stereocenters. The molecule has 3 aromatic carbocycles. The molecule has 0 aliphatic carbocycles. The number of rotatable bonds is 13. The first-order chi connectivity index (χ1) is 32.8. The van der Waals surface area contributed by atoms with Crippen molar-refractivity contribution in [3.8, 4) is 32.3 Å². The number of carboxylic acid groups (broad SMARTS) is 1. The summed E-state index contributed by atoms with van der Waals surface area (Å²) in [6, 6.07) is 20.8. The molecule has 1 fully saturated rings. The third-order valence-corrected chi connectivity index (χ3v) is 15.0. The number of aliphatic hydroxyl groups is 1. The molecule has 0 bridgehead atoms. The van der Waals surface area contributed by atoms with Crippen LogP contribution in [0.2, 0.25) is 0 Å². The topological polar surface area (TPSA) is 204 Å². The van der Waals surface area contributed by atoms with E-state index in [2.05, 4.69) is 32.7 Å². The van der Waals surface area contributed by atoms with Gasteiger partial charge in [-0.3, -0.25) is 28.8 Å². The molecule has 5 atom stereocenters. The van der Waals surface area contributed by atoms with Crippen molar-refractivity contribution in [2.24, 2.45) is 10.4 Å². The Morgan fingerprint density at radius 2 is 1.54 bits per heavy atom. The summed E-state index contributed by atoms with van der Waals surface area (Å²) in [4.78, 5) is 68.1. The molecule has 6 aromatic rings. The lowest BCUT2D eigenvalue weighted by Crippen LogP contribution is -2.58. The maximum absolute atomic E-state index is 14.2. The predicted octanol–water partition coefficient (Wildman–Crippen LogP) is 7.95. The third-order valence-electron chi connectivity index (χ3n) is 12.8. The van der Waals surface area contributed by atoms with Crippen LogP contribution in [-0.4, -0.2) is 107 Å². The number of hydrogen-bond acceptors (Lipinski definition) is 12. The van der Waals surface area contributed by atoms with Gasteiger partial charge in [-0.2, -0.15) is 0 Å². The maximum Gasteiger partial charge on any atom is 0.409 e. The molecule has 2 aliphatic rings. The van der Waals surface area contributed by atoms with E-state index in [9.17, 15) is 29.4 Å². The standard InChI is InChI=1S/C51H57N9O7S2/c1-10-58(50(65)66)45-46-57-56-31(6)60(46)49-41(27(2)30(5)69-49)42(55-45)35-15-13-33(14-16-35)34-19-21-38(22-20-34)67-25-40(62)54-44(51(7,8)9)48(64)59-24-37(61)23-39(59)47(63)53-28(3)32-11-17-36(18-12-32)43-29(4)52-26-68-43/h11-22,26,28,37,39,44-45,61H,10,23-25H2,1-9H3,(H,53,63)(H,54,62)(H,65,66)/t28-,37+,39-,44+,45?/m0/s1. The molecule has 18 heteroatoms. The van der Waals surface area contributed by atoms with E-state index in [4.69, 9.17) is 9.73 Å². The van der Waals surface area contributed by atoms with E-state index in [1.165, 1.54) is 9.80 Å². The van der Waals surface area contributed by atoms with Crippen molar-refractivity contribution in [3.63, 3.8) is 0 Å². The maximum atomic E-state index is 14.2. The zero-order valence-corrected chi connectivity index (χ0v) is 41.7. The zero-order valence-electron chi connectivity index (χ0n) is 40.1. The largest absolute Gasteiger partial charge is 0.484 e. The summed E-state index contributed by atoms with van der Waals surface area (Å²) in [7, 11) is 0. The Kier molecular flexibility index (Phi) is 13.9. The fourth-order valence-corrected chi connectivity index (χ4v) is 10.9. The fourth-order valence-electron chi connectivity index (χ4n) is 8.86. The zero-order chi connectivity index (χ0) is 49.5. The van der Waals surface area contributed by atoms with Gasteiger partial charge in [0.05, 0.1) is 33.9 Å². The SMILES string of the molecule is CCN(C(=O)O)C1N=C(c2ccc(-c3ccc(OCC(=O)N[C@H](C(=O)N4C[C@H](O)C[C@H]4C(=O)N[C@@H](C)c4ccc(-c5scnc5C)cc4)C(C)(C)C)cc3)cc2)c2c(sc(C)c2C)-n2c(C)nnc21. The number of aromatic nitrogens is 4. The molecule has 69 heavy (non-hydrogen) atoms. The minimum Gasteiger partial charge on any atom is -0.484 e. The molecule has 0 saturated carbocycles. The number of aliphatic hydroxyl groups excluding tert-OH is 1. The van der Waals surface area contributed by atoms with E-state index in [0.717, 1.165) is 59.4 Å². The molecule has 1 saturated heterocycles. The Morgan fingerprint density at radius 1 is 0.899 bits per heavy atom. The van der Waals surface area contributed by atoms with Crippen LogP contribution in [-0.2, 0) is 14.4 Å². The number of carbonyl (C=O) groups excluding carboxylic acids is 3. The van der Waals surface area contributed by atoms with Gasteiger partial charge in [-0.05, 0) is 86.9 Å².